The Morgan fingerprint density at radius 2 is 1.90 bits per heavy atom. The number of hydrogen-bond acceptors (Lipinski definition) is 6. The number of fused-ring (bicyclic) bond motifs is 1. The smallest absolute Gasteiger partial charge is 0.348 e. The van der Waals surface area contributed by atoms with Gasteiger partial charge >= 0.3 is 5.97 Å². The van der Waals surface area contributed by atoms with E-state index in [0.29, 0.717) is 4.88 Å². The number of aromatic carboxylic acids is 1. The molecule has 0 saturated heterocycles. The Kier molecular flexibility index (Phi) is 7.42. The largest absolute Gasteiger partial charge is 0.477 e. The molecule has 5 aromatic rings. The number of carbonyl (C=O) groups excluding carboxylic acids is 1. The maximum Gasteiger partial charge on any atom is 0.348 e. The van der Waals surface area contributed by atoms with E-state index in [0.717, 1.165) is 39.9 Å². The number of ether oxygens (including phenoxy) is 1. The van der Waals surface area contributed by atoms with Crippen LogP contribution in [-0.4, -0.2) is 51.3 Å². The summed E-state index contributed by atoms with van der Waals surface area (Å²) in [5, 5.41) is 14.7. The van der Waals surface area contributed by atoms with Crippen LogP contribution < -0.4 is 4.90 Å². The molecule has 0 fully saturated rings. The van der Waals surface area contributed by atoms with Crippen molar-refractivity contribution in [3.8, 4) is 21.7 Å². The molecule has 0 radical (unpaired) electrons. The second-order valence-electron chi connectivity index (χ2n) is 8.76. The fourth-order valence-corrected chi connectivity index (χ4v) is 5.44. The quantitative estimate of drug-likeness (QED) is 0.238. The number of carboxylic acids is 1. The highest BCUT2D eigenvalue weighted by Crippen LogP contribution is 2.39. The summed E-state index contributed by atoms with van der Waals surface area (Å²) < 4.78 is 21.6. The predicted molar refractivity (Wildman–Crippen MR) is 148 cm³/mol. The zero-order valence-electron chi connectivity index (χ0n) is 20.8. The average Bonchev–Trinajstić information content (AvgIpc) is 3.54. The summed E-state index contributed by atoms with van der Waals surface area (Å²) in [6.45, 7) is 1.81. The monoisotopic (exact) mass is 564 g/mol. The number of nitrogens with zero attached hydrogens (tertiary/aromatic N) is 4. The third kappa shape index (κ3) is 5.26. The Morgan fingerprint density at radius 1 is 1.15 bits per heavy atom. The van der Waals surface area contributed by atoms with Crippen LogP contribution in [0.3, 0.4) is 0 Å². The number of benzene rings is 2. The van der Waals surface area contributed by atoms with Gasteiger partial charge in [0, 0.05) is 41.0 Å². The lowest BCUT2D eigenvalue weighted by Crippen LogP contribution is -2.42. The normalized spacial score (nSPS) is 12.0. The van der Waals surface area contributed by atoms with Gasteiger partial charge in [0.15, 0.2) is 5.65 Å². The van der Waals surface area contributed by atoms with Crippen molar-refractivity contribution in [2.24, 2.45) is 0 Å². The maximum atomic E-state index is 14.7. The second-order valence-corrected chi connectivity index (χ2v) is 10.3. The van der Waals surface area contributed by atoms with Crippen LogP contribution in [0, 0.1) is 5.82 Å². The van der Waals surface area contributed by atoms with Crippen LogP contribution in [-0.2, 0) is 4.74 Å². The van der Waals surface area contributed by atoms with E-state index in [2.05, 4.69) is 10.1 Å². The van der Waals surface area contributed by atoms with Crippen LogP contribution in [0.2, 0.25) is 5.02 Å². The highest BCUT2D eigenvalue weighted by Gasteiger charge is 2.31. The third-order valence-electron chi connectivity index (χ3n) is 6.10. The van der Waals surface area contributed by atoms with Crippen molar-refractivity contribution in [2.75, 3.05) is 18.6 Å². The summed E-state index contributed by atoms with van der Waals surface area (Å²) in [5.74, 6) is -2.70. The number of amides is 1. The van der Waals surface area contributed by atoms with Crippen LogP contribution in [0.4, 0.5) is 10.1 Å². The summed E-state index contributed by atoms with van der Waals surface area (Å²) in [6, 6.07) is 15.9. The summed E-state index contributed by atoms with van der Waals surface area (Å²) in [5.41, 5.74) is 3.01. The molecule has 0 spiro atoms. The molecule has 0 aliphatic rings. The Hall–Kier alpha value is -4.12. The molecule has 3 aromatic heterocycles. The Bertz CT molecular complexity index is 1650. The molecular formula is C28H22ClFN4O4S. The minimum absolute atomic E-state index is 0.0498. The lowest BCUT2D eigenvalue weighted by molar-refractivity contribution is 0.0702. The average molecular weight is 565 g/mol. The van der Waals surface area contributed by atoms with Crippen molar-refractivity contribution in [1.29, 1.82) is 0 Å². The molecule has 11 heteroatoms. The van der Waals surface area contributed by atoms with Crippen molar-refractivity contribution < 1.29 is 23.8 Å². The van der Waals surface area contributed by atoms with E-state index in [-0.39, 0.29) is 27.8 Å². The summed E-state index contributed by atoms with van der Waals surface area (Å²) in [6.07, 6.45) is 3.51. The van der Waals surface area contributed by atoms with Crippen molar-refractivity contribution in [1.82, 2.24) is 14.6 Å². The van der Waals surface area contributed by atoms with Crippen molar-refractivity contribution >= 4 is 46.1 Å². The van der Waals surface area contributed by atoms with E-state index in [1.807, 2.05) is 36.5 Å². The molecule has 2 aromatic carbocycles. The van der Waals surface area contributed by atoms with Gasteiger partial charge in [0.1, 0.15) is 10.7 Å². The number of thiophene rings is 1. The van der Waals surface area contributed by atoms with Gasteiger partial charge in [-0.25, -0.2) is 18.7 Å². The van der Waals surface area contributed by atoms with Gasteiger partial charge in [-0.05, 0) is 42.8 Å². The molecule has 1 N–H and O–H groups in total. The first-order chi connectivity index (χ1) is 18.8. The number of methoxy groups -OCH3 is 1. The van der Waals surface area contributed by atoms with E-state index < -0.39 is 23.7 Å². The lowest BCUT2D eigenvalue weighted by atomic mass is 10.1. The van der Waals surface area contributed by atoms with Crippen LogP contribution in [0.5, 0.6) is 0 Å². The van der Waals surface area contributed by atoms with Crippen LogP contribution in [0.15, 0.2) is 73.1 Å². The van der Waals surface area contributed by atoms with Gasteiger partial charge in [-0.1, -0.05) is 35.9 Å². The number of carboxylic acid groups (broad SMARTS) is 1. The lowest BCUT2D eigenvalue weighted by Gasteiger charge is -2.29. The topological polar surface area (TPSA) is 97.0 Å². The number of carbonyl (C=O) groups is 2. The Labute approximate surface area is 231 Å². The zero-order chi connectivity index (χ0) is 27.7. The minimum Gasteiger partial charge on any atom is -0.477 e. The predicted octanol–water partition coefficient (Wildman–Crippen LogP) is 6.30. The van der Waals surface area contributed by atoms with E-state index in [4.69, 9.17) is 16.3 Å². The van der Waals surface area contributed by atoms with Gasteiger partial charge in [0.2, 0.25) is 0 Å². The maximum absolute atomic E-state index is 14.7. The molecule has 0 bridgehead atoms. The third-order valence-corrected chi connectivity index (χ3v) is 7.49. The molecule has 0 aliphatic heterocycles. The molecule has 0 saturated carbocycles. The van der Waals surface area contributed by atoms with Gasteiger partial charge in [-0.2, -0.15) is 5.10 Å². The molecule has 3 heterocycles. The molecule has 0 aliphatic carbocycles. The molecule has 8 nitrogen and oxygen atoms in total. The minimum atomic E-state index is -1.20. The van der Waals surface area contributed by atoms with E-state index in [9.17, 15) is 19.1 Å². The molecule has 5 rings (SSSR count). The number of hydrogen-bond donors (Lipinski definition) is 1. The summed E-state index contributed by atoms with van der Waals surface area (Å²) >= 11 is 6.90. The highest BCUT2D eigenvalue weighted by atomic mass is 35.5. The summed E-state index contributed by atoms with van der Waals surface area (Å²) in [7, 11) is 1.47. The van der Waals surface area contributed by atoms with Crippen LogP contribution in [0.1, 0.15) is 27.0 Å². The van der Waals surface area contributed by atoms with Gasteiger partial charge in [0.05, 0.1) is 29.6 Å². The van der Waals surface area contributed by atoms with Crippen LogP contribution in [0.25, 0.3) is 27.3 Å². The Morgan fingerprint density at radius 3 is 2.56 bits per heavy atom. The fraction of sp³-hybridized carbons (Fsp3) is 0.143. The van der Waals surface area contributed by atoms with E-state index >= 15 is 0 Å². The standard InChI is InChI=1S/C28H22ClFN4O4S/c1-16(15-38-2)34(27(35)20-9-8-19(29)12-21(20)30)23-14-24(39-26(23)28(36)37)18-6-4-17(5-7-18)22-13-25-31-10-3-11-33(25)32-22/h3-14,16H,15H2,1-2H3,(H,36,37). The first-order valence-electron chi connectivity index (χ1n) is 11.8. The first kappa shape index (κ1) is 26.5. The number of halogens is 2. The number of anilines is 1. The Balaban J connectivity index is 1.54. The summed E-state index contributed by atoms with van der Waals surface area (Å²) in [4.78, 5) is 32.0. The van der Waals surface area contributed by atoms with Crippen molar-refractivity contribution in [3.05, 3.63) is 94.3 Å². The van der Waals surface area contributed by atoms with Crippen molar-refractivity contribution in [2.45, 2.75) is 13.0 Å². The molecule has 1 amide bonds. The van der Waals surface area contributed by atoms with Crippen molar-refractivity contribution in [3.63, 3.8) is 0 Å². The van der Waals surface area contributed by atoms with E-state index in [1.54, 1.807) is 29.8 Å². The second kappa shape index (κ2) is 10.9. The molecule has 39 heavy (non-hydrogen) atoms. The molecule has 1 unspecified atom stereocenters. The number of rotatable bonds is 8. The SMILES string of the molecule is COCC(C)N(C(=O)c1ccc(Cl)cc1F)c1cc(-c2ccc(-c3cc4ncccn4n3)cc2)sc1C(=O)O. The van der Waals surface area contributed by atoms with Gasteiger partial charge in [0.25, 0.3) is 5.91 Å². The van der Waals surface area contributed by atoms with Gasteiger partial charge < -0.3 is 14.7 Å². The van der Waals surface area contributed by atoms with E-state index in [1.165, 1.54) is 24.1 Å². The molecular weight excluding hydrogens is 543 g/mol. The van der Waals surface area contributed by atoms with Gasteiger partial charge in [-0.15, -0.1) is 11.3 Å². The first-order valence-corrected chi connectivity index (χ1v) is 13.0. The molecule has 1 atom stereocenters. The highest BCUT2D eigenvalue weighted by molar-refractivity contribution is 7.18. The fourth-order valence-electron chi connectivity index (χ4n) is 4.29. The van der Waals surface area contributed by atoms with Gasteiger partial charge in [-0.3, -0.25) is 4.79 Å². The van der Waals surface area contributed by atoms with Crippen LogP contribution >= 0.6 is 22.9 Å². The molecule has 198 valence electrons. The zero-order valence-corrected chi connectivity index (χ0v) is 22.4. The number of aromatic nitrogens is 3.